The van der Waals surface area contributed by atoms with Gasteiger partial charge in [0.15, 0.2) is 12.4 Å². The van der Waals surface area contributed by atoms with Gasteiger partial charge < -0.3 is 18.4 Å². The van der Waals surface area contributed by atoms with Crippen molar-refractivity contribution in [3.05, 3.63) is 58.4 Å². The first kappa shape index (κ1) is 17.4. The highest BCUT2D eigenvalue weighted by molar-refractivity contribution is 6.30. The summed E-state index contributed by atoms with van der Waals surface area (Å²) in [6.07, 6.45) is 0. The summed E-state index contributed by atoms with van der Waals surface area (Å²) in [7, 11) is 1.63. The molecule has 0 aliphatic rings. The van der Waals surface area contributed by atoms with E-state index in [1.54, 1.807) is 13.2 Å². The number of nitrogens with zero attached hydrogens (tertiary/aromatic N) is 2. The van der Waals surface area contributed by atoms with Crippen LogP contribution in [0.1, 0.15) is 17.0 Å². The van der Waals surface area contributed by atoms with Crippen LogP contribution in [0.3, 0.4) is 0 Å². The van der Waals surface area contributed by atoms with Gasteiger partial charge in [-0.3, -0.25) is 0 Å². The highest BCUT2D eigenvalue weighted by atomic mass is 35.5. The Bertz CT molecular complexity index is 1120. The number of halogens is 1. The van der Waals surface area contributed by atoms with Crippen LogP contribution < -0.4 is 9.47 Å². The van der Waals surface area contributed by atoms with Crippen LogP contribution in [0.15, 0.2) is 45.3 Å². The number of furan rings is 1. The van der Waals surface area contributed by atoms with E-state index in [9.17, 15) is 0 Å². The van der Waals surface area contributed by atoms with E-state index in [2.05, 4.69) is 10.1 Å². The lowest BCUT2D eigenvalue weighted by Gasteiger charge is -2.06. The first-order valence-corrected chi connectivity index (χ1v) is 8.72. The first-order valence-electron chi connectivity index (χ1n) is 8.34. The van der Waals surface area contributed by atoms with E-state index in [0.29, 0.717) is 28.2 Å². The molecule has 0 N–H and O–H groups in total. The molecule has 4 rings (SSSR count). The molecule has 6 nitrogen and oxygen atoms in total. The molecule has 0 unspecified atom stereocenters. The zero-order valence-electron chi connectivity index (χ0n) is 15.1. The molecule has 4 aromatic rings. The first-order chi connectivity index (χ1) is 13.0. The summed E-state index contributed by atoms with van der Waals surface area (Å²) in [5.41, 5.74) is 2.60. The maximum atomic E-state index is 5.96. The Labute approximate surface area is 160 Å². The zero-order valence-corrected chi connectivity index (χ0v) is 15.8. The van der Waals surface area contributed by atoms with Crippen LogP contribution in [-0.2, 0) is 6.61 Å². The largest absolute Gasteiger partial charge is 0.497 e. The van der Waals surface area contributed by atoms with Crippen LogP contribution in [0, 0.1) is 13.8 Å². The molecule has 7 heteroatoms. The molecule has 0 radical (unpaired) electrons. The van der Waals surface area contributed by atoms with Crippen molar-refractivity contribution in [2.75, 3.05) is 7.11 Å². The number of benzene rings is 2. The summed E-state index contributed by atoms with van der Waals surface area (Å²) >= 11 is 5.96. The number of rotatable bonds is 5. The fourth-order valence-corrected chi connectivity index (χ4v) is 3.09. The molecule has 27 heavy (non-hydrogen) atoms. The van der Waals surface area contributed by atoms with E-state index in [1.807, 2.05) is 44.2 Å². The quantitative estimate of drug-likeness (QED) is 0.462. The lowest BCUT2D eigenvalue weighted by Crippen LogP contribution is -1.97. The van der Waals surface area contributed by atoms with Gasteiger partial charge >= 0.3 is 0 Å². The number of hydrogen-bond acceptors (Lipinski definition) is 6. The van der Waals surface area contributed by atoms with E-state index in [1.165, 1.54) is 0 Å². The van der Waals surface area contributed by atoms with Crippen LogP contribution in [0.25, 0.3) is 22.6 Å². The van der Waals surface area contributed by atoms with Gasteiger partial charge in [0, 0.05) is 16.0 Å². The monoisotopic (exact) mass is 384 g/mol. The smallest absolute Gasteiger partial charge is 0.264 e. The minimum absolute atomic E-state index is 0.155. The number of fused-ring (bicyclic) bond motifs is 1. The maximum Gasteiger partial charge on any atom is 0.264 e. The van der Waals surface area contributed by atoms with Crippen LogP contribution in [0.4, 0.5) is 0 Å². The van der Waals surface area contributed by atoms with Crippen molar-refractivity contribution in [2.45, 2.75) is 20.5 Å². The molecule has 0 spiro atoms. The van der Waals surface area contributed by atoms with Gasteiger partial charge in [-0.2, -0.15) is 4.98 Å². The van der Waals surface area contributed by atoms with Gasteiger partial charge in [-0.1, -0.05) is 16.8 Å². The van der Waals surface area contributed by atoms with Crippen molar-refractivity contribution in [3.8, 4) is 23.1 Å². The Balaban J connectivity index is 1.57. The Morgan fingerprint density at radius 1 is 1.11 bits per heavy atom. The second kappa shape index (κ2) is 6.96. The maximum absolute atomic E-state index is 5.96. The fourth-order valence-electron chi connectivity index (χ4n) is 2.86. The predicted molar refractivity (Wildman–Crippen MR) is 101 cm³/mol. The molecule has 0 amide bonds. The second-order valence-electron chi connectivity index (χ2n) is 6.13. The van der Waals surface area contributed by atoms with Crippen LogP contribution >= 0.6 is 11.6 Å². The van der Waals surface area contributed by atoms with E-state index in [4.69, 9.17) is 30.0 Å². The summed E-state index contributed by atoms with van der Waals surface area (Å²) in [6.45, 7) is 4.03. The van der Waals surface area contributed by atoms with Gasteiger partial charge in [0.05, 0.1) is 7.11 Å². The minimum atomic E-state index is 0.155. The SMILES string of the molecule is COc1ccc2oc(-c3noc(COc4ccc(Cl)cc4C)n3)c(C)c2c1. The van der Waals surface area contributed by atoms with Crippen molar-refractivity contribution < 1.29 is 18.4 Å². The molecule has 0 saturated heterocycles. The van der Waals surface area contributed by atoms with Gasteiger partial charge in [0.2, 0.25) is 5.82 Å². The molecule has 0 aliphatic heterocycles. The fraction of sp³-hybridized carbons (Fsp3) is 0.200. The van der Waals surface area contributed by atoms with E-state index in [-0.39, 0.29) is 6.61 Å². The molecule has 0 bridgehead atoms. The number of aromatic nitrogens is 2. The lowest BCUT2D eigenvalue weighted by molar-refractivity contribution is 0.241. The number of aryl methyl sites for hydroxylation is 2. The van der Waals surface area contributed by atoms with Gasteiger partial charge in [-0.05, 0) is 55.8 Å². The van der Waals surface area contributed by atoms with Crippen molar-refractivity contribution in [3.63, 3.8) is 0 Å². The summed E-state index contributed by atoms with van der Waals surface area (Å²) in [5, 5.41) is 5.63. The van der Waals surface area contributed by atoms with E-state index in [0.717, 1.165) is 27.8 Å². The summed E-state index contributed by atoms with van der Waals surface area (Å²) in [6, 6.07) is 11.0. The van der Waals surface area contributed by atoms with Crippen molar-refractivity contribution in [1.82, 2.24) is 10.1 Å². The average molecular weight is 385 g/mol. The van der Waals surface area contributed by atoms with Crippen LogP contribution in [0.5, 0.6) is 11.5 Å². The molecule has 2 heterocycles. The molecule has 2 aromatic heterocycles. The molecule has 0 saturated carbocycles. The molecular formula is C20H17ClN2O4. The zero-order chi connectivity index (χ0) is 19.0. The van der Waals surface area contributed by atoms with Gasteiger partial charge in [-0.15, -0.1) is 0 Å². The number of hydrogen-bond donors (Lipinski definition) is 0. The highest BCUT2D eigenvalue weighted by Gasteiger charge is 2.19. The third-order valence-electron chi connectivity index (χ3n) is 4.30. The molecule has 0 fully saturated rings. The summed E-state index contributed by atoms with van der Waals surface area (Å²) in [5.74, 6) is 2.78. The Kier molecular flexibility index (Phi) is 4.49. The Morgan fingerprint density at radius 2 is 1.96 bits per heavy atom. The second-order valence-corrected chi connectivity index (χ2v) is 6.56. The molecule has 0 atom stereocenters. The van der Waals surface area contributed by atoms with Crippen LogP contribution in [0.2, 0.25) is 5.02 Å². The summed E-state index contributed by atoms with van der Waals surface area (Å²) < 4.78 is 22.2. The molecule has 2 aromatic carbocycles. The molecule has 138 valence electrons. The third-order valence-corrected chi connectivity index (χ3v) is 4.54. The van der Waals surface area contributed by atoms with Gasteiger partial charge in [-0.25, -0.2) is 0 Å². The van der Waals surface area contributed by atoms with Gasteiger partial charge in [0.25, 0.3) is 5.89 Å². The third kappa shape index (κ3) is 3.36. The minimum Gasteiger partial charge on any atom is -0.497 e. The van der Waals surface area contributed by atoms with Crippen molar-refractivity contribution >= 4 is 22.6 Å². The van der Waals surface area contributed by atoms with Crippen LogP contribution in [-0.4, -0.2) is 17.3 Å². The Hall–Kier alpha value is -2.99. The van der Waals surface area contributed by atoms with E-state index >= 15 is 0 Å². The van der Waals surface area contributed by atoms with E-state index < -0.39 is 0 Å². The van der Waals surface area contributed by atoms with Crippen molar-refractivity contribution in [1.29, 1.82) is 0 Å². The van der Waals surface area contributed by atoms with Gasteiger partial charge in [0.1, 0.15) is 17.1 Å². The van der Waals surface area contributed by atoms with Crippen molar-refractivity contribution in [2.24, 2.45) is 0 Å². The predicted octanol–water partition coefficient (Wildman–Crippen LogP) is 5.34. The topological polar surface area (TPSA) is 70.5 Å². The number of methoxy groups -OCH3 is 1. The lowest BCUT2D eigenvalue weighted by atomic mass is 10.1. The summed E-state index contributed by atoms with van der Waals surface area (Å²) in [4.78, 5) is 4.39. The standard InChI is InChI=1S/C20H17ClN2O4/c1-11-8-13(21)4-6-16(11)25-10-18-22-20(23-27-18)19-12(2)15-9-14(24-3)5-7-17(15)26-19/h4-9H,10H2,1-3H3. The molecule has 0 aliphatic carbocycles. The Morgan fingerprint density at radius 3 is 2.74 bits per heavy atom. The number of ether oxygens (including phenoxy) is 2. The normalized spacial score (nSPS) is 11.1. The molecular weight excluding hydrogens is 368 g/mol. The average Bonchev–Trinajstić information content (AvgIpc) is 3.25. The highest BCUT2D eigenvalue weighted by Crippen LogP contribution is 2.33.